The number of rotatable bonds is 3. The normalized spacial score (nSPS) is 20.6. The molecule has 5 nitrogen and oxygen atoms in total. The van der Waals surface area contributed by atoms with Crippen LogP contribution in [0.15, 0.2) is 30.3 Å². The lowest BCUT2D eigenvalue weighted by Crippen LogP contribution is -2.54. The molecule has 0 aromatic heterocycles. The SMILES string of the molecule is Cl.O=[N+]([O-])C1CNCCN1Cc1ccccc1. The van der Waals surface area contributed by atoms with Crippen LogP contribution in [0.4, 0.5) is 0 Å². The van der Waals surface area contributed by atoms with Crippen LogP contribution in [0.3, 0.4) is 0 Å². The van der Waals surface area contributed by atoms with Gasteiger partial charge in [0.2, 0.25) is 0 Å². The van der Waals surface area contributed by atoms with Gasteiger partial charge < -0.3 is 5.32 Å². The highest BCUT2D eigenvalue weighted by atomic mass is 35.5. The van der Waals surface area contributed by atoms with Gasteiger partial charge in [0.1, 0.15) is 0 Å². The van der Waals surface area contributed by atoms with Gasteiger partial charge in [-0.2, -0.15) is 0 Å². The second-order valence-corrected chi connectivity index (χ2v) is 3.93. The third-order valence-electron chi connectivity index (χ3n) is 2.80. The summed E-state index contributed by atoms with van der Waals surface area (Å²) in [6, 6.07) is 9.86. The van der Waals surface area contributed by atoms with Gasteiger partial charge in [-0.3, -0.25) is 10.1 Å². The number of nitrogens with one attached hydrogen (secondary N) is 1. The molecule has 0 radical (unpaired) electrons. The highest BCUT2D eigenvalue weighted by Crippen LogP contribution is 2.10. The minimum Gasteiger partial charge on any atom is -0.308 e. The molecule has 94 valence electrons. The molecule has 6 heteroatoms. The molecule has 1 aliphatic rings. The van der Waals surface area contributed by atoms with E-state index < -0.39 is 6.17 Å². The Labute approximate surface area is 106 Å². The van der Waals surface area contributed by atoms with Crippen LogP contribution in [0.25, 0.3) is 0 Å². The van der Waals surface area contributed by atoms with E-state index in [4.69, 9.17) is 0 Å². The maximum atomic E-state index is 10.9. The summed E-state index contributed by atoms with van der Waals surface area (Å²) < 4.78 is 0. The Hall–Kier alpha value is -1.17. The molecule has 1 unspecified atom stereocenters. The zero-order valence-electron chi connectivity index (χ0n) is 9.41. The maximum absolute atomic E-state index is 10.9. The Bertz CT molecular complexity index is 361. The third-order valence-corrected chi connectivity index (χ3v) is 2.80. The number of hydrogen-bond acceptors (Lipinski definition) is 4. The van der Waals surface area contributed by atoms with E-state index in [0.29, 0.717) is 13.1 Å². The van der Waals surface area contributed by atoms with Crippen molar-refractivity contribution in [1.82, 2.24) is 10.2 Å². The predicted molar refractivity (Wildman–Crippen MR) is 67.8 cm³/mol. The Morgan fingerprint density at radius 1 is 1.41 bits per heavy atom. The third kappa shape index (κ3) is 3.66. The van der Waals surface area contributed by atoms with Crippen LogP contribution in [-0.4, -0.2) is 35.6 Å². The molecular weight excluding hydrogens is 242 g/mol. The summed E-state index contributed by atoms with van der Waals surface area (Å²) >= 11 is 0. The summed E-state index contributed by atoms with van der Waals surface area (Å²) in [4.78, 5) is 12.6. The quantitative estimate of drug-likeness (QED) is 0.651. The molecule has 1 saturated heterocycles. The van der Waals surface area contributed by atoms with Crippen LogP contribution < -0.4 is 5.32 Å². The number of halogens is 1. The van der Waals surface area contributed by atoms with Crippen molar-refractivity contribution in [3.05, 3.63) is 46.0 Å². The Kier molecular flexibility index (Phi) is 5.34. The topological polar surface area (TPSA) is 58.4 Å². The van der Waals surface area contributed by atoms with Gasteiger partial charge >= 0.3 is 0 Å². The molecule has 0 amide bonds. The van der Waals surface area contributed by atoms with Gasteiger partial charge in [-0.25, -0.2) is 4.90 Å². The standard InChI is InChI=1S/C11H15N3O2.ClH/c15-14(16)11-8-12-6-7-13(11)9-10-4-2-1-3-5-10;/h1-5,11-12H,6-9H2;1H. The van der Waals surface area contributed by atoms with Crippen molar-refractivity contribution < 1.29 is 4.92 Å². The van der Waals surface area contributed by atoms with Crippen molar-refractivity contribution >= 4 is 12.4 Å². The number of benzene rings is 1. The molecule has 1 heterocycles. The lowest BCUT2D eigenvalue weighted by atomic mass is 10.2. The summed E-state index contributed by atoms with van der Waals surface area (Å²) in [6.07, 6.45) is -0.603. The van der Waals surface area contributed by atoms with E-state index in [9.17, 15) is 10.1 Å². The summed E-state index contributed by atoms with van der Waals surface area (Å²) in [5, 5.41) is 13.9. The second kappa shape index (κ2) is 6.54. The van der Waals surface area contributed by atoms with Crippen LogP contribution in [0.5, 0.6) is 0 Å². The average Bonchev–Trinajstić information content (AvgIpc) is 2.31. The predicted octanol–water partition coefficient (Wildman–Crippen LogP) is 1.12. The van der Waals surface area contributed by atoms with Crippen molar-refractivity contribution in [2.75, 3.05) is 19.6 Å². The minimum atomic E-state index is -0.603. The van der Waals surface area contributed by atoms with E-state index in [1.165, 1.54) is 0 Å². The Morgan fingerprint density at radius 2 is 2.12 bits per heavy atom. The average molecular weight is 258 g/mol. The van der Waals surface area contributed by atoms with Crippen LogP contribution in [0.1, 0.15) is 5.56 Å². The molecule has 2 rings (SSSR count). The first kappa shape index (κ1) is 13.9. The first-order valence-electron chi connectivity index (χ1n) is 5.39. The highest BCUT2D eigenvalue weighted by Gasteiger charge is 2.30. The molecule has 1 aliphatic heterocycles. The lowest BCUT2D eigenvalue weighted by molar-refractivity contribution is -0.551. The van der Waals surface area contributed by atoms with E-state index in [2.05, 4.69) is 5.32 Å². The monoisotopic (exact) mass is 257 g/mol. The largest absolute Gasteiger partial charge is 0.308 e. The van der Waals surface area contributed by atoms with Crippen molar-refractivity contribution in [3.8, 4) is 0 Å². The molecule has 1 atom stereocenters. The van der Waals surface area contributed by atoms with Gasteiger partial charge in [0, 0.05) is 24.6 Å². The Morgan fingerprint density at radius 3 is 2.76 bits per heavy atom. The van der Waals surface area contributed by atoms with Gasteiger partial charge in [-0.1, -0.05) is 30.3 Å². The first-order chi connectivity index (χ1) is 7.77. The van der Waals surface area contributed by atoms with E-state index in [1.807, 2.05) is 35.2 Å². The van der Waals surface area contributed by atoms with E-state index in [0.717, 1.165) is 18.7 Å². The lowest BCUT2D eigenvalue weighted by Gasteiger charge is -2.29. The van der Waals surface area contributed by atoms with Crippen molar-refractivity contribution in [3.63, 3.8) is 0 Å². The zero-order chi connectivity index (χ0) is 11.4. The summed E-state index contributed by atoms with van der Waals surface area (Å²) in [7, 11) is 0. The van der Waals surface area contributed by atoms with Gasteiger partial charge in [0.05, 0.1) is 6.54 Å². The molecular formula is C11H16ClN3O2. The summed E-state index contributed by atoms with van der Waals surface area (Å²) in [5.41, 5.74) is 1.12. The van der Waals surface area contributed by atoms with E-state index >= 15 is 0 Å². The second-order valence-electron chi connectivity index (χ2n) is 3.93. The number of nitrogens with zero attached hydrogens (tertiary/aromatic N) is 2. The highest BCUT2D eigenvalue weighted by molar-refractivity contribution is 5.85. The fraction of sp³-hybridized carbons (Fsp3) is 0.455. The molecule has 1 aromatic carbocycles. The smallest absolute Gasteiger partial charge is 0.281 e. The van der Waals surface area contributed by atoms with Crippen molar-refractivity contribution in [1.29, 1.82) is 0 Å². The van der Waals surface area contributed by atoms with Crippen LogP contribution in [-0.2, 0) is 6.54 Å². The summed E-state index contributed by atoms with van der Waals surface area (Å²) in [5.74, 6) is 0. The molecule has 1 aromatic rings. The molecule has 17 heavy (non-hydrogen) atoms. The molecule has 0 saturated carbocycles. The van der Waals surface area contributed by atoms with Gasteiger partial charge in [-0.15, -0.1) is 12.4 Å². The van der Waals surface area contributed by atoms with Crippen molar-refractivity contribution in [2.24, 2.45) is 0 Å². The van der Waals surface area contributed by atoms with E-state index in [1.54, 1.807) is 0 Å². The molecule has 1 N–H and O–H groups in total. The first-order valence-corrected chi connectivity index (χ1v) is 5.39. The molecule has 1 fully saturated rings. The Balaban J connectivity index is 0.00000144. The number of nitro groups is 1. The fourth-order valence-electron chi connectivity index (χ4n) is 1.94. The van der Waals surface area contributed by atoms with Crippen molar-refractivity contribution in [2.45, 2.75) is 12.7 Å². The van der Waals surface area contributed by atoms with E-state index in [-0.39, 0.29) is 17.3 Å². The molecule has 0 spiro atoms. The van der Waals surface area contributed by atoms with Gasteiger partial charge in [-0.05, 0) is 5.56 Å². The molecule has 0 bridgehead atoms. The van der Waals surface area contributed by atoms with Crippen LogP contribution in [0.2, 0.25) is 0 Å². The van der Waals surface area contributed by atoms with Crippen LogP contribution in [0, 0.1) is 10.1 Å². The number of piperazine rings is 1. The fourth-order valence-corrected chi connectivity index (χ4v) is 1.94. The molecule has 0 aliphatic carbocycles. The van der Waals surface area contributed by atoms with Gasteiger partial charge in [0.15, 0.2) is 0 Å². The summed E-state index contributed by atoms with van der Waals surface area (Å²) in [6.45, 7) is 2.62. The van der Waals surface area contributed by atoms with Gasteiger partial charge in [0.25, 0.3) is 6.17 Å². The maximum Gasteiger partial charge on any atom is 0.281 e. The zero-order valence-corrected chi connectivity index (χ0v) is 10.2. The number of hydrogen-bond donors (Lipinski definition) is 1. The minimum absolute atomic E-state index is 0. The van der Waals surface area contributed by atoms with Crippen LogP contribution >= 0.6 is 12.4 Å².